The molecule has 31 heavy (non-hydrogen) atoms. The van der Waals surface area contributed by atoms with Crippen molar-refractivity contribution in [2.45, 2.75) is 25.1 Å². The molecule has 0 saturated carbocycles. The van der Waals surface area contributed by atoms with E-state index in [0.29, 0.717) is 10.9 Å². The number of nitrogens with one attached hydrogen (secondary N) is 1. The van der Waals surface area contributed by atoms with Crippen molar-refractivity contribution >= 4 is 55.6 Å². The standard InChI is InChI=1S/C21H21ClFN3O3S2/c1-12-3-5-15(7-13(12)2)26(21-25-18-10-31(28,29)11-19(18)30-21)9-20(27)24-14-4-6-17(23)16(22)8-14/h3-8,18-19H,9-11H2,1-2H3,(H,24,27)/t18-,19-/m0/s1. The highest BCUT2D eigenvalue weighted by molar-refractivity contribution is 8.15. The van der Waals surface area contributed by atoms with E-state index in [2.05, 4.69) is 10.3 Å². The van der Waals surface area contributed by atoms with E-state index in [-0.39, 0.29) is 40.3 Å². The van der Waals surface area contributed by atoms with Gasteiger partial charge in [0.15, 0.2) is 15.0 Å². The highest BCUT2D eigenvalue weighted by Gasteiger charge is 2.44. The minimum absolute atomic E-state index is 0.0322. The minimum Gasteiger partial charge on any atom is -0.324 e. The number of carbonyl (C=O) groups is 1. The van der Waals surface area contributed by atoms with Crippen LogP contribution in [0.5, 0.6) is 0 Å². The zero-order valence-electron chi connectivity index (χ0n) is 16.9. The molecule has 2 aromatic rings. The maximum Gasteiger partial charge on any atom is 0.244 e. The number of hydrogen-bond acceptors (Lipinski definition) is 6. The zero-order valence-corrected chi connectivity index (χ0v) is 19.3. The van der Waals surface area contributed by atoms with Gasteiger partial charge in [-0.3, -0.25) is 9.79 Å². The summed E-state index contributed by atoms with van der Waals surface area (Å²) in [7, 11) is -3.07. The predicted octanol–water partition coefficient (Wildman–Crippen LogP) is 3.81. The summed E-state index contributed by atoms with van der Waals surface area (Å²) < 4.78 is 37.2. The summed E-state index contributed by atoms with van der Waals surface area (Å²) in [4.78, 5) is 19.2. The number of amides is 1. The highest BCUT2D eigenvalue weighted by atomic mass is 35.5. The molecule has 0 aromatic heterocycles. The van der Waals surface area contributed by atoms with Crippen LogP contribution in [0, 0.1) is 19.7 Å². The maximum absolute atomic E-state index is 13.4. The number of hydrogen-bond donors (Lipinski definition) is 1. The van der Waals surface area contributed by atoms with Crippen molar-refractivity contribution in [3.8, 4) is 0 Å². The topological polar surface area (TPSA) is 78.8 Å². The van der Waals surface area contributed by atoms with Crippen LogP contribution in [-0.4, -0.2) is 48.8 Å². The molecule has 2 atom stereocenters. The Morgan fingerprint density at radius 3 is 2.68 bits per heavy atom. The third kappa shape index (κ3) is 4.88. The molecule has 2 heterocycles. The summed E-state index contributed by atoms with van der Waals surface area (Å²) in [6, 6.07) is 9.56. The first-order valence-corrected chi connectivity index (χ1v) is 12.7. The lowest BCUT2D eigenvalue weighted by atomic mass is 10.1. The van der Waals surface area contributed by atoms with Crippen LogP contribution in [0.1, 0.15) is 11.1 Å². The van der Waals surface area contributed by atoms with Crippen molar-refractivity contribution < 1.29 is 17.6 Å². The molecule has 2 aliphatic heterocycles. The Hall–Kier alpha value is -2.10. The van der Waals surface area contributed by atoms with Crippen molar-refractivity contribution in [3.63, 3.8) is 0 Å². The van der Waals surface area contributed by atoms with E-state index in [4.69, 9.17) is 11.6 Å². The lowest BCUT2D eigenvalue weighted by molar-refractivity contribution is -0.114. The minimum atomic E-state index is -3.07. The lowest BCUT2D eigenvalue weighted by Crippen LogP contribution is -2.36. The molecule has 0 bridgehead atoms. The fourth-order valence-electron chi connectivity index (χ4n) is 3.55. The summed E-state index contributed by atoms with van der Waals surface area (Å²) >= 11 is 7.20. The van der Waals surface area contributed by atoms with Gasteiger partial charge in [0, 0.05) is 16.6 Å². The fraction of sp³-hybridized carbons (Fsp3) is 0.333. The number of anilines is 2. The van der Waals surface area contributed by atoms with Gasteiger partial charge in [-0.2, -0.15) is 0 Å². The van der Waals surface area contributed by atoms with Crippen LogP contribution in [0.3, 0.4) is 0 Å². The molecule has 2 aromatic carbocycles. The molecule has 164 valence electrons. The molecule has 10 heteroatoms. The van der Waals surface area contributed by atoms with Gasteiger partial charge in [-0.05, 0) is 55.3 Å². The van der Waals surface area contributed by atoms with E-state index < -0.39 is 15.7 Å². The van der Waals surface area contributed by atoms with Crippen LogP contribution in [-0.2, 0) is 14.6 Å². The summed E-state index contributed by atoms with van der Waals surface area (Å²) in [5.41, 5.74) is 3.38. The van der Waals surface area contributed by atoms with E-state index in [1.807, 2.05) is 32.0 Å². The van der Waals surface area contributed by atoms with E-state index >= 15 is 0 Å². The Balaban J connectivity index is 1.59. The van der Waals surface area contributed by atoms with Crippen LogP contribution in [0.4, 0.5) is 15.8 Å². The van der Waals surface area contributed by atoms with Gasteiger partial charge in [0.1, 0.15) is 12.4 Å². The zero-order chi connectivity index (χ0) is 22.3. The molecule has 4 rings (SSSR count). The second-order valence-corrected chi connectivity index (χ2v) is 11.5. The Labute approximate surface area is 189 Å². The van der Waals surface area contributed by atoms with E-state index in [1.54, 1.807) is 4.90 Å². The molecular weight excluding hydrogens is 461 g/mol. The number of halogens is 2. The van der Waals surface area contributed by atoms with E-state index in [0.717, 1.165) is 16.8 Å². The Morgan fingerprint density at radius 2 is 2.00 bits per heavy atom. The normalized spacial score (nSPS) is 21.5. The number of amidine groups is 1. The fourth-order valence-corrected chi connectivity index (χ4v) is 7.51. The molecule has 2 aliphatic rings. The average molecular weight is 482 g/mol. The van der Waals surface area contributed by atoms with Crippen LogP contribution in [0.2, 0.25) is 5.02 Å². The summed E-state index contributed by atoms with van der Waals surface area (Å²) in [5, 5.41) is 3.15. The number of nitrogens with zero attached hydrogens (tertiary/aromatic N) is 2. The second-order valence-electron chi connectivity index (χ2n) is 7.74. The monoisotopic (exact) mass is 481 g/mol. The smallest absolute Gasteiger partial charge is 0.244 e. The number of rotatable bonds is 4. The molecule has 0 radical (unpaired) electrons. The quantitative estimate of drug-likeness (QED) is 0.718. The SMILES string of the molecule is Cc1ccc(N(CC(=O)Nc2ccc(F)c(Cl)c2)C2=N[C@H]3CS(=O)(=O)C[C@@H]3S2)cc1C. The van der Waals surface area contributed by atoms with Crippen LogP contribution < -0.4 is 10.2 Å². The number of aryl methyl sites for hydroxylation is 2. The van der Waals surface area contributed by atoms with Gasteiger partial charge >= 0.3 is 0 Å². The van der Waals surface area contributed by atoms with Crippen LogP contribution in [0.25, 0.3) is 0 Å². The number of thioether (sulfide) groups is 1. The largest absolute Gasteiger partial charge is 0.324 e. The molecule has 1 N–H and O–H groups in total. The number of benzene rings is 2. The Kier molecular flexibility index (Phi) is 6.02. The molecule has 1 fully saturated rings. The third-order valence-corrected chi connectivity index (χ3v) is 8.88. The van der Waals surface area contributed by atoms with Crippen LogP contribution in [0.15, 0.2) is 41.4 Å². The Bertz CT molecular complexity index is 1190. The van der Waals surface area contributed by atoms with E-state index in [1.165, 1.54) is 30.0 Å². The van der Waals surface area contributed by atoms with Crippen molar-refractivity contribution in [1.82, 2.24) is 0 Å². The molecular formula is C21H21ClFN3O3S2. The van der Waals surface area contributed by atoms with Crippen LogP contribution >= 0.6 is 23.4 Å². The van der Waals surface area contributed by atoms with Gasteiger partial charge in [-0.15, -0.1) is 0 Å². The van der Waals surface area contributed by atoms with E-state index in [9.17, 15) is 17.6 Å². The van der Waals surface area contributed by atoms with Gasteiger partial charge in [0.25, 0.3) is 0 Å². The molecule has 0 unspecified atom stereocenters. The van der Waals surface area contributed by atoms with Crippen molar-refractivity contribution in [2.75, 3.05) is 28.3 Å². The average Bonchev–Trinajstić information content (AvgIpc) is 3.18. The van der Waals surface area contributed by atoms with Gasteiger partial charge < -0.3 is 10.2 Å². The molecule has 6 nitrogen and oxygen atoms in total. The first-order chi connectivity index (χ1) is 14.6. The summed E-state index contributed by atoms with van der Waals surface area (Å²) in [5.74, 6) is -0.755. The molecule has 1 saturated heterocycles. The second kappa shape index (κ2) is 8.44. The molecule has 0 spiro atoms. The number of carbonyl (C=O) groups excluding carboxylic acids is 1. The van der Waals surface area contributed by atoms with Gasteiger partial charge in [0.2, 0.25) is 5.91 Å². The Morgan fingerprint density at radius 1 is 1.23 bits per heavy atom. The number of fused-ring (bicyclic) bond motifs is 1. The predicted molar refractivity (Wildman–Crippen MR) is 125 cm³/mol. The van der Waals surface area contributed by atoms with Crippen molar-refractivity contribution in [2.24, 2.45) is 4.99 Å². The van der Waals surface area contributed by atoms with Gasteiger partial charge in [0.05, 0.1) is 22.6 Å². The molecule has 1 amide bonds. The lowest BCUT2D eigenvalue weighted by Gasteiger charge is -2.25. The first kappa shape index (κ1) is 22.1. The van der Waals surface area contributed by atoms with Crippen molar-refractivity contribution in [1.29, 1.82) is 0 Å². The molecule has 0 aliphatic carbocycles. The third-order valence-electron chi connectivity index (χ3n) is 5.34. The summed E-state index contributed by atoms with van der Waals surface area (Å²) in [6.07, 6.45) is 0. The maximum atomic E-state index is 13.4. The highest BCUT2D eigenvalue weighted by Crippen LogP contribution is 2.37. The van der Waals surface area contributed by atoms with Gasteiger partial charge in [-0.25, -0.2) is 12.8 Å². The number of aliphatic imine (C=N–C) groups is 1. The van der Waals surface area contributed by atoms with Gasteiger partial charge in [-0.1, -0.05) is 29.4 Å². The number of sulfone groups is 1. The van der Waals surface area contributed by atoms with Crippen molar-refractivity contribution in [3.05, 3.63) is 58.4 Å². The summed E-state index contributed by atoms with van der Waals surface area (Å²) in [6.45, 7) is 3.96. The first-order valence-electron chi connectivity index (χ1n) is 9.66.